The first-order valence-corrected chi connectivity index (χ1v) is 5.62. The van der Waals surface area contributed by atoms with E-state index in [1.807, 2.05) is 6.07 Å². The number of nitrogens with two attached hydrogens (primary N) is 2. The Bertz CT molecular complexity index is 803. The van der Waals surface area contributed by atoms with Crippen molar-refractivity contribution in [3.05, 3.63) is 46.6 Å². The number of H-pyrrole nitrogens is 1. The van der Waals surface area contributed by atoms with Crippen molar-refractivity contribution < 1.29 is 0 Å². The van der Waals surface area contributed by atoms with Crippen LogP contribution in [-0.2, 0) is 6.54 Å². The monoisotopic (exact) mass is 255 g/mol. The van der Waals surface area contributed by atoms with Gasteiger partial charge < -0.3 is 16.5 Å². The van der Waals surface area contributed by atoms with Crippen molar-refractivity contribution in [2.75, 3.05) is 5.73 Å². The van der Waals surface area contributed by atoms with E-state index in [9.17, 15) is 4.79 Å². The van der Waals surface area contributed by atoms with E-state index in [1.165, 1.54) is 10.9 Å². The Hall–Kier alpha value is -2.67. The number of rotatable bonds is 2. The summed E-state index contributed by atoms with van der Waals surface area (Å²) in [5.41, 5.74) is 13.3. The Morgan fingerprint density at radius 3 is 3.00 bits per heavy atom. The molecule has 5 N–H and O–H groups in total. The average molecular weight is 255 g/mol. The lowest BCUT2D eigenvalue weighted by Crippen LogP contribution is -2.15. The van der Waals surface area contributed by atoms with Crippen LogP contribution in [0, 0.1) is 6.07 Å². The second-order valence-electron chi connectivity index (χ2n) is 4.03. The van der Waals surface area contributed by atoms with E-state index in [-0.39, 0.29) is 11.5 Å². The van der Waals surface area contributed by atoms with Crippen molar-refractivity contribution in [3.63, 3.8) is 0 Å². The standard InChI is InChI=1S/C12H11N6O/c13-5-7-2-1-3-8(4-7)18-11-9(17-12(18)19)10(14)15-6-16-11/h2-4,6H,5,13H2,(H,17,19)(H2,14,15,16). The van der Waals surface area contributed by atoms with Crippen LogP contribution >= 0.6 is 0 Å². The van der Waals surface area contributed by atoms with Gasteiger partial charge in [0, 0.05) is 6.54 Å². The molecule has 3 aromatic rings. The number of imidazole rings is 1. The highest BCUT2D eigenvalue weighted by Gasteiger charge is 2.12. The van der Waals surface area contributed by atoms with E-state index >= 15 is 0 Å². The van der Waals surface area contributed by atoms with Gasteiger partial charge in [-0.25, -0.2) is 19.3 Å². The summed E-state index contributed by atoms with van der Waals surface area (Å²) >= 11 is 0. The smallest absolute Gasteiger partial charge is 0.332 e. The lowest BCUT2D eigenvalue weighted by molar-refractivity contribution is 0.983. The molecular weight excluding hydrogens is 244 g/mol. The first-order chi connectivity index (χ1) is 9.20. The number of aromatic nitrogens is 4. The Labute approximate surface area is 107 Å². The minimum atomic E-state index is -0.329. The van der Waals surface area contributed by atoms with Gasteiger partial charge in [-0.2, -0.15) is 0 Å². The van der Waals surface area contributed by atoms with Gasteiger partial charge in [0.2, 0.25) is 0 Å². The Morgan fingerprint density at radius 2 is 2.21 bits per heavy atom. The molecule has 0 atom stereocenters. The van der Waals surface area contributed by atoms with Crippen molar-refractivity contribution in [2.45, 2.75) is 6.54 Å². The molecule has 3 rings (SSSR count). The van der Waals surface area contributed by atoms with Gasteiger partial charge in [-0.15, -0.1) is 0 Å². The third-order valence-electron chi connectivity index (χ3n) is 2.83. The number of hydrogen-bond donors (Lipinski definition) is 3. The molecule has 0 aliphatic carbocycles. The second kappa shape index (κ2) is 4.21. The van der Waals surface area contributed by atoms with Gasteiger partial charge in [-0.3, -0.25) is 0 Å². The van der Waals surface area contributed by atoms with Crippen molar-refractivity contribution in [2.24, 2.45) is 5.73 Å². The van der Waals surface area contributed by atoms with Crippen LogP contribution in [0.3, 0.4) is 0 Å². The minimum absolute atomic E-state index is 0.236. The highest BCUT2D eigenvalue weighted by Crippen LogP contribution is 2.16. The summed E-state index contributed by atoms with van der Waals surface area (Å²) in [5.74, 6) is 0.236. The van der Waals surface area contributed by atoms with E-state index < -0.39 is 0 Å². The summed E-state index contributed by atoms with van der Waals surface area (Å²) < 4.78 is 1.42. The molecule has 2 aromatic heterocycles. The fourth-order valence-corrected chi connectivity index (χ4v) is 1.93. The topological polar surface area (TPSA) is 116 Å². The maximum absolute atomic E-state index is 12.0. The predicted octanol–water partition coefficient (Wildman–Crippen LogP) is -0.0501. The van der Waals surface area contributed by atoms with Crippen LogP contribution in [0.4, 0.5) is 5.82 Å². The van der Waals surface area contributed by atoms with Gasteiger partial charge in [0.05, 0.1) is 5.69 Å². The summed E-state index contributed by atoms with van der Waals surface area (Å²) in [7, 11) is 0. The molecule has 0 aliphatic heterocycles. The fourth-order valence-electron chi connectivity index (χ4n) is 1.93. The lowest BCUT2D eigenvalue weighted by atomic mass is 10.2. The molecule has 2 heterocycles. The van der Waals surface area contributed by atoms with E-state index in [4.69, 9.17) is 11.5 Å². The number of anilines is 1. The maximum atomic E-state index is 12.0. The zero-order chi connectivity index (χ0) is 13.4. The molecule has 0 saturated heterocycles. The zero-order valence-electron chi connectivity index (χ0n) is 9.92. The SMILES string of the molecule is NCc1c[c]cc(-n2c(=O)[nH]c3c(N)ncnc32)c1. The summed E-state index contributed by atoms with van der Waals surface area (Å²) in [6, 6.07) is 8.21. The van der Waals surface area contributed by atoms with Crippen LogP contribution in [0.5, 0.6) is 0 Å². The minimum Gasteiger partial charge on any atom is -0.382 e. The van der Waals surface area contributed by atoms with Gasteiger partial charge in [-0.05, 0) is 29.8 Å². The number of benzene rings is 1. The first-order valence-electron chi connectivity index (χ1n) is 5.62. The van der Waals surface area contributed by atoms with Crippen molar-refractivity contribution in [3.8, 4) is 5.69 Å². The summed E-state index contributed by atoms with van der Waals surface area (Å²) in [6.45, 7) is 0.374. The lowest BCUT2D eigenvalue weighted by Gasteiger charge is -2.04. The summed E-state index contributed by atoms with van der Waals surface area (Å²) in [4.78, 5) is 22.6. The van der Waals surface area contributed by atoms with Crippen molar-refractivity contribution in [1.82, 2.24) is 19.5 Å². The van der Waals surface area contributed by atoms with Crippen LogP contribution in [0.15, 0.2) is 29.3 Å². The van der Waals surface area contributed by atoms with E-state index in [0.717, 1.165) is 5.56 Å². The maximum Gasteiger partial charge on any atom is 0.332 e. The summed E-state index contributed by atoms with van der Waals surface area (Å²) in [5, 5.41) is 0. The van der Waals surface area contributed by atoms with Crippen LogP contribution < -0.4 is 17.2 Å². The third kappa shape index (κ3) is 1.76. The van der Waals surface area contributed by atoms with Crippen LogP contribution in [0.1, 0.15) is 5.56 Å². The second-order valence-corrected chi connectivity index (χ2v) is 4.03. The molecule has 0 aliphatic rings. The Kier molecular flexibility index (Phi) is 2.53. The van der Waals surface area contributed by atoms with E-state index in [2.05, 4.69) is 21.0 Å². The number of fused-ring (bicyclic) bond motifs is 1. The van der Waals surface area contributed by atoms with Crippen LogP contribution in [0.25, 0.3) is 16.9 Å². The highest BCUT2D eigenvalue weighted by molar-refractivity contribution is 5.82. The Morgan fingerprint density at radius 1 is 1.37 bits per heavy atom. The van der Waals surface area contributed by atoms with Crippen molar-refractivity contribution in [1.29, 1.82) is 0 Å². The molecule has 0 saturated carbocycles. The van der Waals surface area contributed by atoms with Gasteiger partial charge in [0.15, 0.2) is 11.5 Å². The van der Waals surface area contributed by atoms with Gasteiger partial charge in [0.25, 0.3) is 0 Å². The first kappa shape index (κ1) is 11.4. The highest BCUT2D eigenvalue weighted by atomic mass is 16.1. The third-order valence-corrected chi connectivity index (χ3v) is 2.83. The fraction of sp³-hybridized carbons (Fsp3) is 0.0833. The number of aromatic amines is 1. The molecule has 0 bridgehead atoms. The van der Waals surface area contributed by atoms with E-state index in [1.54, 1.807) is 12.1 Å². The molecule has 7 nitrogen and oxygen atoms in total. The summed E-state index contributed by atoms with van der Waals surface area (Å²) in [6.07, 6.45) is 1.32. The molecule has 19 heavy (non-hydrogen) atoms. The predicted molar refractivity (Wildman–Crippen MR) is 70.6 cm³/mol. The molecular formula is C12H11N6O. The van der Waals surface area contributed by atoms with Gasteiger partial charge in [-0.1, -0.05) is 0 Å². The average Bonchev–Trinajstić information content (AvgIpc) is 2.77. The zero-order valence-corrected chi connectivity index (χ0v) is 9.92. The Balaban J connectivity index is 2.33. The number of nitrogens with one attached hydrogen (secondary N) is 1. The van der Waals surface area contributed by atoms with Gasteiger partial charge >= 0.3 is 5.69 Å². The normalized spacial score (nSPS) is 11.0. The molecule has 7 heteroatoms. The van der Waals surface area contributed by atoms with Crippen LogP contribution in [-0.4, -0.2) is 19.5 Å². The molecule has 0 spiro atoms. The van der Waals surface area contributed by atoms with Gasteiger partial charge in [0.1, 0.15) is 11.8 Å². The molecule has 1 radical (unpaired) electrons. The van der Waals surface area contributed by atoms with Crippen LogP contribution in [0.2, 0.25) is 0 Å². The quantitative estimate of drug-likeness (QED) is 0.593. The number of nitrogens with zero attached hydrogens (tertiary/aromatic N) is 3. The molecule has 0 unspecified atom stereocenters. The molecule has 1 aromatic carbocycles. The molecule has 0 fully saturated rings. The van der Waals surface area contributed by atoms with Crippen molar-refractivity contribution >= 4 is 17.0 Å². The molecule has 95 valence electrons. The number of hydrogen-bond acceptors (Lipinski definition) is 5. The molecule has 0 amide bonds. The number of nitrogen functional groups attached to an aromatic ring is 1. The van der Waals surface area contributed by atoms with E-state index in [0.29, 0.717) is 23.4 Å². The largest absolute Gasteiger partial charge is 0.382 e.